The summed E-state index contributed by atoms with van der Waals surface area (Å²) in [6, 6.07) is 14.7. The van der Waals surface area contributed by atoms with Crippen molar-refractivity contribution in [1.29, 1.82) is 0 Å². The van der Waals surface area contributed by atoms with Crippen molar-refractivity contribution in [1.82, 2.24) is 0 Å². The molecule has 0 heterocycles. The van der Waals surface area contributed by atoms with E-state index in [0.717, 1.165) is 0 Å². The van der Waals surface area contributed by atoms with Crippen molar-refractivity contribution < 1.29 is 13.2 Å². The highest BCUT2D eigenvalue weighted by atomic mass is 32.2. The highest BCUT2D eigenvalue weighted by Gasteiger charge is 2.15. The van der Waals surface area contributed by atoms with Crippen LogP contribution < -0.4 is 4.72 Å². The number of nitrogens with one attached hydrogen (secondary N) is 1. The number of carbonyl (C=O) groups excluding carboxylic acids is 1. The summed E-state index contributed by atoms with van der Waals surface area (Å²) >= 11 is 0. The van der Waals surface area contributed by atoms with Gasteiger partial charge in [0.15, 0.2) is 5.78 Å². The molecule has 0 saturated heterocycles. The van der Waals surface area contributed by atoms with Gasteiger partial charge in [0, 0.05) is 17.7 Å². The van der Waals surface area contributed by atoms with Gasteiger partial charge in [-0.3, -0.25) is 9.52 Å². The van der Waals surface area contributed by atoms with Crippen LogP contribution in [0.4, 0.5) is 5.69 Å². The summed E-state index contributed by atoms with van der Waals surface area (Å²) in [7, 11) is -3.64. The standard InChI is InChI=1S/C17H19NO3S/c1-13(2)12-17(19)14-8-10-16(11-9-14)22(20,21)18-15-6-4-3-5-7-15/h3-11,13,18H,12H2,1-2H3. The molecule has 2 rings (SSSR count). The number of hydrogen-bond acceptors (Lipinski definition) is 3. The molecule has 4 nitrogen and oxygen atoms in total. The number of hydrogen-bond donors (Lipinski definition) is 1. The van der Waals surface area contributed by atoms with E-state index >= 15 is 0 Å². The first-order chi connectivity index (χ1) is 10.4. The largest absolute Gasteiger partial charge is 0.294 e. The summed E-state index contributed by atoms with van der Waals surface area (Å²) in [6.07, 6.45) is 0.453. The fourth-order valence-electron chi connectivity index (χ4n) is 2.03. The quantitative estimate of drug-likeness (QED) is 0.826. The first-order valence-corrected chi connectivity index (χ1v) is 8.58. The lowest BCUT2D eigenvalue weighted by Crippen LogP contribution is -2.13. The van der Waals surface area contributed by atoms with E-state index in [1.165, 1.54) is 12.1 Å². The highest BCUT2D eigenvalue weighted by Crippen LogP contribution is 2.17. The van der Waals surface area contributed by atoms with Gasteiger partial charge < -0.3 is 0 Å². The van der Waals surface area contributed by atoms with Crippen LogP contribution in [-0.4, -0.2) is 14.2 Å². The van der Waals surface area contributed by atoms with Gasteiger partial charge in [-0.2, -0.15) is 0 Å². The van der Waals surface area contributed by atoms with Crippen molar-refractivity contribution in [3.63, 3.8) is 0 Å². The molecule has 0 unspecified atom stereocenters. The van der Waals surface area contributed by atoms with Crippen molar-refractivity contribution >= 4 is 21.5 Å². The van der Waals surface area contributed by atoms with Crippen LogP contribution in [0.25, 0.3) is 0 Å². The van der Waals surface area contributed by atoms with E-state index in [2.05, 4.69) is 4.72 Å². The third-order valence-electron chi connectivity index (χ3n) is 3.11. The number of sulfonamides is 1. The Labute approximate surface area is 131 Å². The molecule has 22 heavy (non-hydrogen) atoms. The lowest BCUT2D eigenvalue weighted by atomic mass is 10.0. The Morgan fingerprint density at radius 1 is 1.00 bits per heavy atom. The Morgan fingerprint density at radius 3 is 2.14 bits per heavy atom. The SMILES string of the molecule is CC(C)CC(=O)c1ccc(S(=O)(=O)Nc2ccccc2)cc1. The Bertz CT molecular complexity index is 735. The number of carbonyl (C=O) groups is 1. The molecule has 0 radical (unpaired) electrons. The smallest absolute Gasteiger partial charge is 0.261 e. The van der Waals surface area contributed by atoms with Gasteiger partial charge in [-0.1, -0.05) is 44.2 Å². The maximum Gasteiger partial charge on any atom is 0.261 e. The van der Waals surface area contributed by atoms with Gasteiger partial charge in [-0.15, -0.1) is 0 Å². The minimum atomic E-state index is -3.64. The molecule has 1 N–H and O–H groups in total. The lowest BCUT2D eigenvalue weighted by Gasteiger charge is -2.09. The van der Waals surface area contributed by atoms with E-state index in [-0.39, 0.29) is 16.6 Å². The molecule has 0 fully saturated rings. The molecule has 0 spiro atoms. The van der Waals surface area contributed by atoms with Crippen LogP contribution in [-0.2, 0) is 10.0 Å². The van der Waals surface area contributed by atoms with Crippen molar-refractivity contribution in [3.8, 4) is 0 Å². The van der Waals surface area contributed by atoms with E-state index in [0.29, 0.717) is 17.7 Å². The minimum Gasteiger partial charge on any atom is -0.294 e. The zero-order valence-corrected chi connectivity index (χ0v) is 13.4. The van der Waals surface area contributed by atoms with Gasteiger partial charge in [-0.05, 0) is 30.2 Å². The molecule has 0 saturated carbocycles. The Kier molecular flexibility index (Phi) is 4.98. The lowest BCUT2D eigenvalue weighted by molar-refractivity contribution is 0.0968. The number of ketones is 1. The molecule has 5 heteroatoms. The van der Waals surface area contributed by atoms with Gasteiger partial charge >= 0.3 is 0 Å². The van der Waals surface area contributed by atoms with Gasteiger partial charge in [0.1, 0.15) is 0 Å². The average molecular weight is 317 g/mol. The number of rotatable bonds is 6. The highest BCUT2D eigenvalue weighted by molar-refractivity contribution is 7.92. The summed E-state index contributed by atoms with van der Waals surface area (Å²) in [6.45, 7) is 3.95. The van der Waals surface area contributed by atoms with E-state index in [1.54, 1.807) is 36.4 Å². The fraction of sp³-hybridized carbons (Fsp3) is 0.235. The van der Waals surface area contributed by atoms with E-state index in [4.69, 9.17) is 0 Å². The Balaban J connectivity index is 2.17. The molecule has 0 aliphatic rings. The molecule has 2 aromatic rings. The molecule has 0 aliphatic carbocycles. The minimum absolute atomic E-state index is 0.0231. The molecular formula is C17H19NO3S. The zero-order valence-electron chi connectivity index (χ0n) is 12.6. The first kappa shape index (κ1) is 16.2. The van der Waals surface area contributed by atoms with E-state index < -0.39 is 10.0 Å². The summed E-state index contributed by atoms with van der Waals surface area (Å²) in [5.74, 6) is 0.297. The van der Waals surface area contributed by atoms with Crippen LogP contribution in [0.5, 0.6) is 0 Å². The fourth-order valence-corrected chi connectivity index (χ4v) is 3.09. The summed E-state index contributed by atoms with van der Waals surface area (Å²) < 4.78 is 27.0. The summed E-state index contributed by atoms with van der Waals surface area (Å²) in [5, 5.41) is 0. The molecule has 0 aliphatic heterocycles. The third-order valence-corrected chi connectivity index (χ3v) is 4.50. The number of benzene rings is 2. The number of anilines is 1. The van der Waals surface area contributed by atoms with Crippen molar-refractivity contribution in [2.75, 3.05) is 4.72 Å². The molecule has 0 aromatic heterocycles. The van der Waals surface area contributed by atoms with Crippen LogP contribution >= 0.6 is 0 Å². The van der Waals surface area contributed by atoms with Crippen LogP contribution in [0.15, 0.2) is 59.5 Å². The summed E-state index contributed by atoms with van der Waals surface area (Å²) in [4.78, 5) is 12.1. The van der Waals surface area contributed by atoms with Crippen LogP contribution in [0.2, 0.25) is 0 Å². The third kappa shape index (κ3) is 4.18. The topological polar surface area (TPSA) is 63.2 Å². The molecule has 0 atom stereocenters. The van der Waals surface area contributed by atoms with Crippen molar-refractivity contribution in [2.24, 2.45) is 5.92 Å². The normalized spacial score (nSPS) is 11.4. The van der Waals surface area contributed by atoms with E-state index in [1.807, 2.05) is 19.9 Å². The van der Waals surface area contributed by atoms with Gasteiger partial charge in [0.05, 0.1) is 4.90 Å². The molecule has 2 aromatic carbocycles. The molecule has 0 bridgehead atoms. The zero-order chi connectivity index (χ0) is 16.2. The Morgan fingerprint density at radius 2 is 1.59 bits per heavy atom. The second-order valence-corrected chi connectivity index (χ2v) is 7.20. The predicted molar refractivity (Wildman–Crippen MR) is 87.5 cm³/mol. The van der Waals surface area contributed by atoms with Gasteiger partial charge in [0.25, 0.3) is 10.0 Å². The number of para-hydroxylation sites is 1. The van der Waals surface area contributed by atoms with Crippen LogP contribution in [0, 0.1) is 5.92 Å². The maximum atomic E-state index is 12.3. The summed E-state index contributed by atoms with van der Waals surface area (Å²) in [5.41, 5.74) is 1.04. The molecule has 0 amide bonds. The first-order valence-electron chi connectivity index (χ1n) is 7.09. The average Bonchev–Trinajstić information content (AvgIpc) is 2.47. The van der Waals surface area contributed by atoms with Crippen LogP contribution in [0.3, 0.4) is 0 Å². The van der Waals surface area contributed by atoms with Crippen molar-refractivity contribution in [2.45, 2.75) is 25.2 Å². The Hall–Kier alpha value is -2.14. The van der Waals surface area contributed by atoms with Crippen LogP contribution in [0.1, 0.15) is 30.6 Å². The monoisotopic (exact) mass is 317 g/mol. The van der Waals surface area contributed by atoms with E-state index in [9.17, 15) is 13.2 Å². The second kappa shape index (κ2) is 6.75. The van der Waals surface area contributed by atoms with Crippen molar-refractivity contribution in [3.05, 3.63) is 60.2 Å². The molecule has 116 valence electrons. The molecular weight excluding hydrogens is 298 g/mol. The van der Waals surface area contributed by atoms with Gasteiger partial charge in [-0.25, -0.2) is 8.42 Å². The maximum absolute atomic E-state index is 12.3. The second-order valence-electron chi connectivity index (χ2n) is 5.52. The number of Topliss-reactive ketones (excluding diaryl/α,β-unsaturated/α-hetero) is 1. The van der Waals surface area contributed by atoms with Gasteiger partial charge in [0.2, 0.25) is 0 Å². The predicted octanol–water partition coefficient (Wildman–Crippen LogP) is 3.72.